The molecule has 0 fully saturated rings. The largest absolute Gasteiger partial charge is 0.508 e. The van der Waals surface area contributed by atoms with Crippen molar-refractivity contribution in [3.8, 4) is 5.75 Å². The second-order valence-electron chi connectivity index (χ2n) is 5.15. The first-order chi connectivity index (χ1) is 8.06. The molecule has 0 radical (unpaired) electrons. The Morgan fingerprint density at radius 2 is 1.82 bits per heavy atom. The van der Waals surface area contributed by atoms with Crippen molar-refractivity contribution in [1.29, 1.82) is 0 Å². The summed E-state index contributed by atoms with van der Waals surface area (Å²) in [4.78, 5) is 0. The molecule has 0 aliphatic rings. The molecule has 0 heterocycles. The van der Waals surface area contributed by atoms with Crippen LogP contribution in [0.3, 0.4) is 0 Å². The van der Waals surface area contributed by atoms with Crippen LogP contribution in [0.1, 0.15) is 45.7 Å². The van der Waals surface area contributed by atoms with Crippen molar-refractivity contribution in [3.05, 3.63) is 29.8 Å². The van der Waals surface area contributed by atoms with Gasteiger partial charge in [0.25, 0.3) is 0 Å². The molecule has 96 valence electrons. The summed E-state index contributed by atoms with van der Waals surface area (Å²) in [6.45, 7) is 9.88. The third-order valence-electron chi connectivity index (χ3n) is 3.54. The molecular formula is C15H25NO. The lowest BCUT2D eigenvalue weighted by Crippen LogP contribution is -2.28. The summed E-state index contributed by atoms with van der Waals surface area (Å²) in [6.07, 6.45) is 0.988. The van der Waals surface area contributed by atoms with E-state index in [0.29, 0.717) is 17.6 Å². The Labute approximate surface area is 105 Å². The van der Waals surface area contributed by atoms with E-state index in [0.717, 1.165) is 18.5 Å². The van der Waals surface area contributed by atoms with Crippen LogP contribution in [0.25, 0.3) is 0 Å². The van der Waals surface area contributed by atoms with Crippen LogP contribution >= 0.6 is 0 Å². The molecule has 1 aromatic carbocycles. The van der Waals surface area contributed by atoms with E-state index < -0.39 is 0 Å². The molecule has 2 N–H and O–H groups in total. The number of hydrogen-bond acceptors (Lipinski definition) is 2. The van der Waals surface area contributed by atoms with Crippen molar-refractivity contribution in [2.75, 3.05) is 6.54 Å². The van der Waals surface area contributed by atoms with E-state index in [2.05, 4.69) is 33.0 Å². The van der Waals surface area contributed by atoms with E-state index in [1.807, 2.05) is 18.2 Å². The minimum atomic E-state index is 0.248. The summed E-state index contributed by atoms with van der Waals surface area (Å²) in [5.74, 6) is 1.73. The van der Waals surface area contributed by atoms with E-state index in [4.69, 9.17) is 0 Å². The lowest BCUT2D eigenvalue weighted by Gasteiger charge is -2.22. The quantitative estimate of drug-likeness (QED) is 0.787. The highest BCUT2D eigenvalue weighted by atomic mass is 16.3. The van der Waals surface area contributed by atoms with Crippen molar-refractivity contribution in [2.45, 2.75) is 40.2 Å². The Balaban J connectivity index is 2.64. The number of para-hydroxylation sites is 1. The summed E-state index contributed by atoms with van der Waals surface area (Å²) in [6, 6.07) is 7.84. The normalized spacial score (nSPS) is 14.9. The van der Waals surface area contributed by atoms with Crippen molar-refractivity contribution < 1.29 is 5.11 Å². The van der Waals surface area contributed by atoms with E-state index in [9.17, 15) is 5.11 Å². The van der Waals surface area contributed by atoms with Crippen LogP contribution in [0.4, 0.5) is 0 Å². The van der Waals surface area contributed by atoms with Crippen molar-refractivity contribution in [1.82, 2.24) is 5.32 Å². The Kier molecular flexibility index (Phi) is 5.49. The van der Waals surface area contributed by atoms with Gasteiger partial charge in [-0.1, -0.05) is 45.9 Å². The van der Waals surface area contributed by atoms with Crippen LogP contribution in [-0.2, 0) is 0 Å². The zero-order valence-corrected chi connectivity index (χ0v) is 11.4. The van der Waals surface area contributed by atoms with E-state index in [1.54, 1.807) is 6.07 Å². The third-order valence-corrected chi connectivity index (χ3v) is 3.54. The van der Waals surface area contributed by atoms with Crippen LogP contribution in [0.15, 0.2) is 24.3 Å². The van der Waals surface area contributed by atoms with Crippen LogP contribution < -0.4 is 5.32 Å². The van der Waals surface area contributed by atoms with Gasteiger partial charge in [0.15, 0.2) is 0 Å². The molecule has 0 spiro atoms. The molecule has 0 aliphatic carbocycles. The first-order valence-electron chi connectivity index (χ1n) is 6.57. The molecular weight excluding hydrogens is 210 g/mol. The SMILES string of the molecule is CCC(NCC(C)C(C)C)c1ccccc1O. The molecule has 0 saturated carbocycles. The number of phenolic OH excluding ortho intramolecular Hbond substituents is 1. The number of phenols is 1. The smallest absolute Gasteiger partial charge is 0.120 e. The highest BCUT2D eigenvalue weighted by Crippen LogP contribution is 2.26. The molecule has 2 nitrogen and oxygen atoms in total. The third kappa shape index (κ3) is 4.04. The predicted octanol–water partition coefficient (Wildman–Crippen LogP) is 3.73. The average Bonchev–Trinajstić information content (AvgIpc) is 2.31. The first-order valence-corrected chi connectivity index (χ1v) is 6.57. The molecule has 0 amide bonds. The average molecular weight is 235 g/mol. The number of hydrogen-bond donors (Lipinski definition) is 2. The van der Waals surface area contributed by atoms with Crippen molar-refractivity contribution >= 4 is 0 Å². The molecule has 0 aliphatic heterocycles. The Bertz CT molecular complexity index is 335. The van der Waals surface area contributed by atoms with Gasteiger partial charge < -0.3 is 10.4 Å². The summed E-state index contributed by atoms with van der Waals surface area (Å²) in [5.41, 5.74) is 1.01. The summed E-state index contributed by atoms with van der Waals surface area (Å²) >= 11 is 0. The molecule has 0 aromatic heterocycles. The van der Waals surface area contributed by atoms with Gasteiger partial charge in [0, 0.05) is 11.6 Å². The van der Waals surface area contributed by atoms with Gasteiger partial charge in [-0.2, -0.15) is 0 Å². The lowest BCUT2D eigenvalue weighted by atomic mass is 9.96. The van der Waals surface area contributed by atoms with Crippen molar-refractivity contribution in [3.63, 3.8) is 0 Å². The molecule has 0 bridgehead atoms. The van der Waals surface area contributed by atoms with Crippen LogP contribution in [0.5, 0.6) is 5.75 Å². The maximum Gasteiger partial charge on any atom is 0.120 e. The molecule has 17 heavy (non-hydrogen) atoms. The highest BCUT2D eigenvalue weighted by Gasteiger charge is 2.14. The first kappa shape index (κ1) is 14.0. The molecule has 0 saturated heterocycles. The highest BCUT2D eigenvalue weighted by molar-refractivity contribution is 5.34. The lowest BCUT2D eigenvalue weighted by molar-refractivity contribution is 0.360. The van der Waals surface area contributed by atoms with Gasteiger partial charge in [0.1, 0.15) is 5.75 Å². The second-order valence-corrected chi connectivity index (χ2v) is 5.15. The van der Waals surface area contributed by atoms with Gasteiger partial charge in [-0.05, 0) is 30.9 Å². The number of benzene rings is 1. The zero-order valence-electron chi connectivity index (χ0n) is 11.4. The van der Waals surface area contributed by atoms with Gasteiger partial charge in [0.2, 0.25) is 0 Å². The molecule has 1 aromatic rings. The van der Waals surface area contributed by atoms with Gasteiger partial charge in [0.05, 0.1) is 0 Å². The zero-order chi connectivity index (χ0) is 12.8. The van der Waals surface area contributed by atoms with Gasteiger partial charge in [-0.15, -0.1) is 0 Å². The summed E-state index contributed by atoms with van der Waals surface area (Å²) in [5, 5.41) is 13.4. The fourth-order valence-corrected chi connectivity index (χ4v) is 1.82. The van der Waals surface area contributed by atoms with Crippen molar-refractivity contribution in [2.24, 2.45) is 11.8 Å². The number of nitrogens with one attached hydrogen (secondary N) is 1. The fraction of sp³-hybridized carbons (Fsp3) is 0.600. The molecule has 2 atom stereocenters. The Hall–Kier alpha value is -1.02. The van der Waals surface area contributed by atoms with Crippen LogP contribution in [-0.4, -0.2) is 11.7 Å². The maximum atomic E-state index is 9.85. The predicted molar refractivity (Wildman–Crippen MR) is 73.1 cm³/mol. The van der Waals surface area contributed by atoms with E-state index >= 15 is 0 Å². The fourth-order valence-electron chi connectivity index (χ4n) is 1.82. The second kappa shape index (κ2) is 6.65. The Morgan fingerprint density at radius 3 is 2.35 bits per heavy atom. The molecule has 2 heteroatoms. The Morgan fingerprint density at radius 1 is 1.18 bits per heavy atom. The number of rotatable bonds is 6. The van der Waals surface area contributed by atoms with Gasteiger partial charge in [-0.3, -0.25) is 0 Å². The maximum absolute atomic E-state index is 9.85. The summed E-state index contributed by atoms with van der Waals surface area (Å²) in [7, 11) is 0. The number of aromatic hydroxyl groups is 1. The minimum Gasteiger partial charge on any atom is -0.508 e. The summed E-state index contributed by atoms with van der Waals surface area (Å²) < 4.78 is 0. The van der Waals surface area contributed by atoms with Crippen LogP contribution in [0.2, 0.25) is 0 Å². The minimum absolute atomic E-state index is 0.248. The standard InChI is InChI=1S/C15H25NO/c1-5-14(16-10-12(4)11(2)3)13-8-6-7-9-15(13)17/h6-9,11-12,14,16-17H,5,10H2,1-4H3. The molecule has 2 unspecified atom stereocenters. The van der Waals surface area contributed by atoms with E-state index in [1.165, 1.54) is 0 Å². The van der Waals surface area contributed by atoms with Gasteiger partial charge in [-0.25, -0.2) is 0 Å². The topological polar surface area (TPSA) is 32.3 Å². The monoisotopic (exact) mass is 235 g/mol. The van der Waals surface area contributed by atoms with E-state index in [-0.39, 0.29) is 6.04 Å². The van der Waals surface area contributed by atoms with Gasteiger partial charge >= 0.3 is 0 Å². The molecule has 1 rings (SSSR count). The van der Waals surface area contributed by atoms with Crippen LogP contribution in [0, 0.1) is 11.8 Å².